The summed E-state index contributed by atoms with van der Waals surface area (Å²) in [7, 11) is 3.73. The summed E-state index contributed by atoms with van der Waals surface area (Å²) < 4.78 is 4.65. The molecule has 0 aromatic rings. The maximum Gasteiger partial charge on any atom is 0.295 e. The quantitative estimate of drug-likeness (QED) is 0.0386. The molecule has 4 aliphatic carbocycles. The molecule has 4 aliphatic rings. The van der Waals surface area contributed by atoms with Crippen LogP contribution in [0.25, 0.3) is 0 Å². The van der Waals surface area contributed by atoms with E-state index in [1.54, 1.807) is 0 Å². The molecule has 0 radical (unpaired) electrons. The Balaban J connectivity index is 1.39. The van der Waals surface area contributed by atoms with Gasteiger partial charge in [-0.15, -0.1) is 44.8 Å². The van der Waals surface area contributed by atoms with E-state index in [0.717, 1.165) is 0 Å². The second-order valence-corrected chi connectivity index (χ2v) is 17.6. The number of carbonyl (C=O) groups is 1. The summed E-state index contributed by atoms with van der Waals surface area (Å²) in [5.74, 6) is -1.16. The lowest BCUT2D eigenvalue weighted by Crippen LogP contribution is -2.63. The molecule has 12 atom stereocenters. The number of hydrogen-bond acceptors (Lipinski definition) is 17. The van der Waals surface area contributed by atoms with Crippen LogP contribution in [-0.2, 0) is 33.5 Å². The van der Waals surface area contributed by atoms with Gasteiger partial charge in [-0.05, 0) is 92.3 Å². The topological polar surface area (TPSA) is 277 Å². The molecule has 4 saturated carbocycles. The molecular weight excluding hydrogens is 756 g/mol. The average Bonchev–Trinajstić information content (AvgIpc) is 3.43. The van der Waals surface area contributed by atoms with E-state index < -0.39 is 55.6 Å². The van der Waals surface area contributed by atoms with Gasteiger partial charge >= 0.3 is 0 Å². The van der Waals surface area contributed by atoms with Gasteiger partial charge in [0, 0.05) is 36.8 Å². The highest BCUT2D eigenvalue weighted by atomic mass is 32.2. The molecule has 1 amide bonds. The van der Waals surface area contributed by atoms with E-state index in [0.29, 0.717) is 81.0 Å². The number of likely N-dealkylation sites (N-methyl/N-ethyl adjacent to an activating group) is 1. The second kappa shape index (κ2) is 18.6. The third-order valence-corrected chi connectivity index (χ3v) is 14.1. The average molecular weight is 812 g/mol. The van der Waals surface area contributed by atoms with Crippen molar-refractivity contribution in [2.45, 2.75) is 109 Å². The largest absolute Gasteiger partial charge is 0.356 e. The van der Waals surface area contributed by atoms with Crippen LogP contribution in [0.2, 0.25) is 0 Å². The van der Waals surface area contributed by atoms with Crippen molar-refractivity contribution in [3.05, 3.63) is 40.5 Å². The first-order valence-electron chi connectivity index (χ1n) is 18.7. The van der Waals surface area contributed by atoms with Gasteiger partial charge in [-0.25, -0.2) is 5.26 Å². The van der Waals surface area contributed by atoms with Crippen molar-refractivity contribution < 1.29 is 63.6 Å². The lowest BCUT2D eigenvalue weighted by molar-refractivity contribution is -0.902. The monoisotopic (exact) mass is 811 g/mol. The zero-order valence-corrected chi connectivity index (χ0v) is 32.7. The Bertz CT molecular complexity index is 1380. The van der Waals surface area contributed by atoms with E-state index >= 15 is 0 Å². The predicted octanol–water partition coefficient (Wildman–Crippen LogP) is 4.24. The molecule has 22 nitrogen and oxygen atoms in total. The van der Waals surface area contributed by atoms with Crippen molar-refractivity contribution in [3.8, 4) is 0 Å². The molecule has 0 aromatic carbocycles. The Kier molecular flexibility index (Phi) is 14.9. The zero-order chi connectivity index (χ0) is 40.7. The lowest BCUT2D eigenvalue weighted by atomic mass is 9.43. The second-order valence-electron chi connectivity index (χ2n) is 16.9. The third kappa shape index (κ3) is 10.9. The van der Waals surface area contributed by atoms with Gasteiger partial charge in [-0.2, -0.15) is 0 Å². The molecule has 0 heterocycles. The maximum absolute atomic E-state index is 13.0. The van der Waals surface area contributed by atoms with E-state index in [-0.39, 0.29) is 66.6 Å². The van der Waals surface area contributed by atoms with Crippen LogP contribution in [0.5, 0.6) is 0 Å². The standard InChI is InChI=1S/C32H54N6O16S/c1-20(7-10-29(39)33-13-6-14-38(4,5)18-23(50-35(42)43)19-55-54-53-48)24-8-9-25-30-26(17-28(32(24,25)3)52-37(46)47)31(2)12-11-22(49-34(40)41)15-21(31)16-27(30)51-36(44)45/h20-28,30H,6-19H2,1-5H3,(H-,33,39,48)/p+1/t20-,21+,22-,23?,24-,25+,26+,27-,28+,30+,31+,32-/m1/s1. The van der Waals surface area contributed by atoms with Crippen LogP contribution in [-0.4, -0.2) is 99.9 Å². The fraction of sp³-hybridized carbons (Fsp3) is 0.969. The van der Waals surface area contributed by atoms with Crippen molar-refractivity contribution in [2.75, 3.05) is 39.5 Å². The van der Waals surface area contributed by atoms with Crippen molar-refractivity contribution in [2.24, 2.45) is 46.3 Å². The molecule has 0 aliphatic heterocycles. The van der Waals surface area contributed by atoms with Crippen LogP contribution in [0.15, 0.2) is 0 Å². The zero-order valence-electron chi connectivity index (χ0n) is 31.9. The lowest BCUT2D eigenvalue weighted by Gasteiger charge is -2.64. The SMILES string of the molecule is C[C@H](CCC(=O)NCCC[N+](C)(C)CC(CSOOO)O[N+](=O)[O-])[C@H]1CC[C@H]2[C@@H]3[C@H](O[N+](=O)[O-])C[C@@H]4C[C@H](O[N+](=O)[O-])CC[C@]4(C)[C@H]3C[C@H](O[N+](=O)[O-])[C@]12C. The summed E-state index contributed by atoms with van der Waals surface area (Å²) in [6.45, 7) is 7.28. The van der Waals surface area contributed by atoms with Gasteiger partial charge < -0.3 is 29.2 Å². The Morgan fingerprint density at radius 3 is 2.27 bits per heavy atom. The van der Waals surface area contributed by atoms with E-state index in [4.69, 9.17) is 24.6 Å². The Morgan fingerprint density at radius 2 is 1.64 bits per heavy atom. The summed E-state index contributed by atoms with van der Waals surface area (Å²) in [5, 5.41) is 57.4. The normalized spacial score (nSPS) is 33.8. The van der Waals surface area contributed by atoms with E-state index in [2.05, 4.69) is 21.6 Å². The fourth-order valence-electron chi connectivity index (χ4n) is 11.2. The third-order valence-electron chi connectivity index (χ3n) is 13.5. The first-order valence-corrected chi connectivity index (χ1v) is 19.6. The molecule has 23 heteroatoms. The summed E-state index contributed by atoms with van der Waals surface area (Å²) >= 11 is 0.657. The Hall–Kier alpha value is -3.54. The van der Waals surface area contributed by atoms with Gasteiger partial charge in [0.15, 0.2) is 6.10 Å². The summed E-state index contributed by atoms with van der Waals surface area (Å²) in [5.41, 5.74) is -1.16. The number of nitrogens with one attached hydrogen (secondary N) is 1. The molecule has 4 fully saturated rings. The van der Waals surface area contributed by atoms with Crippen molar-refractivity contribution in [1.82, 2.24) is 5.32 Å². The summed E-state index contributed by atoms with van der Waals surface area (Å²) in [6, 6.07) is 0. The number of carbonyl (C=O) groups excluding carboxylic acids is 1. The molecular formula is C32H55N6O16S+. The molecule has 0 bridgehead atoms. The molecule has 55 heavy (non-hydrogen) atoms. The van der Waals surface area contributed by atoms with Gasteiger partial charge in [0.2, 0.25) is 5.91 Å². The molecule has 4 rings (SSSR count). The van der Waals surface area contributed by atoms with Crippen LogP contribution >= 0.6 is 12.0 Å². The smallest absolute Gasteiger partial charge is 0.295 e. The van der Waals surface area contributed by atoms with Crippen molar-refractivity contribution >= 4 is 17.9 Å². The Morgan fingerprint density at radius 1 is 0.945 bits per heavy atom. The van der Waals surface area contributed by atoms with E-state index in [1.807, 2.05) is 27.9 Å². The van der Waals surface area contributed by atoms with E-state index in [9.17, 15) is 45.3 Å². The minimum absolute atomic E-state index is 0.0240. The fourth-order valence-corrected chi connectivity index (χ4v) is 11.6. The molecule has 0 saturated heterocycles. The van der Waals surface area contributed by atoms with E-state index in [1.165, 1.54) is 0 Å². The van der Waals surface area contributed by atoms with Gasteiger partial charge in [0.25, 0.3) is 20.3 Å². The highest BCUT2D eigenvalue weighted by Crippen LogP contribution is 2.69. The summed E-state index contributed by atoms with van der Waals surface area (Å²) in [6.07, 6.45) is 1.49. The highest BCUT2D eigenvalue weighted by molar-refractivity contribution is 7.94. The first-order chi connectivity index (χ1) is 25.8. The molecule has 314 valence electrons. The number of quaternary nitrogens is 1. The van der Waals surface area contributed by atoms with Gasteiger partial charge in [-0.3, -0.25) is 4.79 Å². The summed E-state index contributed by atoms with van der Waals surface area (Å²) in [4.78, 5) is 79.4. The van der Waals surface area contributed by atoms with Crippen molar-refractivity contribution in [1.29, 1.82) is 0 Å². The predicted molar refractivity (Wildman–Crippen MR) is 189 cm³/mol. The number of nitrogens with zero attached hydrogens (tertiary/aromatic N) is 5. The minimum Gasteiger partial charge on any atom is -0.356 e. The van der Waals surface area contributed by atoms with Crippen LogP contribution in [0.3, 0.4) is 0 Å². The number of rotatable bonds is 22. The van der Waals surface area contributed by atoms with Gasteiger partial charge in [-0.1, -0.05) is 25.8 Å². The van der Waals surface area contributed by atoms with Crippen LogP contribution in [0.1, 0.15) is 85.0 Å². The molecule has 2 N–H and O–H groups in total. The van der Waals surface area contributed by atoms with Crippen LogP contribution < -0.4 is 5.32 Å². The van der Waals surface area contributed by atoms with Gasteiger partial charge in [0.05, 0.1) is 26.4 Å². The first kappa shape index (κ1) is 44.2. The number of fused-ring (bicyclic) bond motifs is 5. The van der Waals surface area contributed by atoms with Gasteiger partial charge in [0.1, 0.15) is 24.9 Å². The maximum atomic E-state index is 13.0. The number of amides is 1. The van der Waals surface area contributed by atoms with Crippen LogP contribution in [0, 0.1) is 86.8 Å². The molecule has 1 unspecified atom stereocenters. The highest BCUT2D eigenvalue weighted by Gasteiger charge is 2.67. The minimum atomic E-state index is -0.892. The van der Waals surface area contributed by atoms with Crippen LogP contribution in [0.4, 0.5) is 0 Å². The molecule has 0 spiro atoms. The van der Waals surface area contributed by atoms with Crippen molar-refractivity contribution in [3.63, 3.8) is 0 Å². The molecule has 0 aromatic heterocycles. The Labute approximate surface area is 322 Å². The number of hydrogen-bond donors (Lipinski definition) is 2.